The predicted molar refractivity (Wildman–Crippen MR) is 113 cm³/mol. The second-order valence-corrected chi connectivity index (χ2v) is 7.30. The van der Waals surface area contributed by atoms with Crippen LogP contribution in [0.5, 0.6) is 11.5 Å². The number of benzene rings is 2. The number of thiophene rings is 1. The fourth-order valence-corrected chi connectivity index (χ4v) is 4.19. The molecule has 29 heavy (non-hydrogen) atoms. The molecular formula is C22H20N2O4S. The van der Waals surface area contributed by atoms with Gasteiger partial charge in [-0.05, 0) is 58.8 Å². The van der Waals surface area contributed by atoms with Crippen LogP contribution in [-0.2, 0) is 9.59 Å². The van der Waals surface area contributed by atoms with Crippen molar-refractivity contribution in [1.82, 2.24) is 0 Å². The number of ether oxygens (including phenoxy) is 2. The summed E-state index contributed by atoms with van der Waals surface area (Å²) in [6.45, 7) is -0.0636. The van der Waals surface area contributed by atoms with Crippen LogP contribution in [0.25, 0.3) is 0 Å². The Morgan fingerprint density at radius 1 is 0.966 bits per heavy atom. The number of piperazine rings is 1. The van der Waals surface area contributed by atoms with Gasteiger partial charge in [0.15, 0.2) is 0 Å². The van der Waals surface area contributed by atoms with Crippen LogP contribution >= 0.6 is 11.3 Å². The highest BCUT2D eigenvalue weighted by Gasteiger charge is 2.42. The standard InChI is InChI=1S/C22H20N2O4S/c1-27-17-9-7-16(8-10-17)24-20(25)13-23(18-5-3-4-6-19(18)28-2)22(26)21(24)15-11-12-29-14-15/h3-12,14,21H,13H2,1-2H3/t21-/m0/s1. The number of amides is 2. The minimum absolute atomic E-state index is 0.0636. The lowest BCUT2D eigenvalue weighted by molar-refractivity contribution is -0.128. The Kier molecular flexibility index (Phi) is 5.22. The van der Waals surface area contributed by atoms with Crippen molar-refractivity contribution in [2.75, 3.05) is 30.6 Å². The van der Waals surface area contributed by atoms with Crippen molar-refractivity contribution in [1.29, 1.82) is 0 Å². The van der Waals surface area contributed by atoms with E-state index >= 15 is 0 Å². The van der Waals surface area contributed by atoms with Crippen LogP contribution in [0.2, 0.25) is 0 Å². The third-order valence-corrected chi connectivity index (χ3v) is 5.61. The lowest BCUT2D eigenvalue weighted by Gasteiger charge is -2.40. The zero-order valence-electron chi connectivity index (χ0n) is 16.1. The fraction of sp³-hybridized carbons (Fsp3) is 0.182. The van der Waals surface area contributed by atoms with Gasteiger partial charge in [0.2, 0.25) is 5.91 Å². The first-order chi connectivity index (χ1) is 14.1. The van der Waals surface area contributed by atoms with E-state index in [9.17, 15) is 9.59 Å². The van der Waals surface area contributed by atoms with Gasteiger partial charge in [-0.15, -0.1) is 0 Å². The zero-order chi connectivity index (χ0) is 20.4. The quantitative estimate of drug-likeness (QED) is 0.643. The van der Waals surface area contributed by atoms with E-state index in [1.807, 2.05) is 29.0 Å². The second kappa shape index (κ2) is 7.97. The summed E-state index contributed by atoms with van der Waals surface area (Å²) in [4.78, 5) is 29.9. The molecule has 148 valence electrons. The van der Waals surface area contributed by atoms with Crippen LogP contribution in [0.4, 0.5) is 11.4 Å². The van der Waals surface area contributed by atoms with Crippen LogP contribution in [-0.4, -0.2) is 32.6 Å². The average Bonchev–Trinajstić information content (AvgIpc) is 3.29. The van der Waals surface area contributed by atoms with Gasteiger partial charge >= 0.3 is 0 Å². The highest BCUT2D eigenvalue weighted by Crippen LogP contribution is 2.38. The third kappa shape index (κ3) is 3.45. The Labute approximate surface area is 172 Å². The van der Waals surface area contributed by atoms with Crippen LogP contribution in [0, 0.1) is 0 Å². The molecule has 0 aliphatic carbocycles. The smallest absolute Gasteiger partial charge is 0.255 e. The lowest BCUT2D eigenvalue weighted by Crippen LogP contribution is -2.56. The molecule has 1 saturated heterocycles. The van der Waals surface area contributed by atoms with Crippen molar-refractivity contribution in [2.24, 2.45) is 0 Å². The number of hydrogen-bond acceptors (Lipinski definition) is 5. The molecule has 1 atom stereocenters. The number of carbonyl (C=O) groups excluding carboxylic acids is 2. The molecule has 6 nitrogen and oxygen atoms in total. The molecule has 2 aromatic carbocycles. The summed E-state index contributed by atoms with van der Waals surface area (Å²) < 4.78 is 10.6. The number of nitrogens with zero attached hydrogens (tertiary/aromatic N) is 2. The van der Waals surface area contributed by atoms with Gasteiger partial charge in [-0.1, -0.05) is 12.1 Å². The topological polar surface area (TPSA) is 59.1 Å². The van der Waals surface area contributed by atoms with Crippen molar-refractivity contribution in [2.45, 2.75) is 6.04 Å². The van der Waals surface area contributed by atoms with Gasteiger partial charge in [0, 0.05) is 5.69 Å². The van der Waals surface area contributed by atoms with E-state index in [4.69, 9.17) is 9.47 Å². The van der Waals surface area contributed by atoms with E-state index in [0.29, 0.717) is 22.9 Å². The van der Waals surface area contributed by atoms with Crippen LogP contribution in [0.1, 0.15) is 11.6 Å². The molecule has 2 heterocycles. The summed E-state index contributed by atoms with van der Waals surface area (Å²) in [5.41, 5.74) is 2.02. The van der Waals surface area contributed by atoms with Crippen molar-refractivity contribution < 1.29 is 19.1 Å². The van der Waals surface area contributed by atoms with E-state index in [0.717, 1.165) is 5.56 Å². The normalized spacial score (nSPS) is 16.8. The number of methoxy groups -OCH3 is 2. The minimum Gasteiger partial charge on any atom is -0.497 e. The van der Waals surface area contributed by atoms with E-state index in [1.165, 1.54) is 16.2 Å². The highest BCUT2D eigenvalue weighted by atomic mass is 32.1. The predicted octanol–water partition coefficient (Wildman–Crippen LogP) is 3.89. The average molecular weight is 408 g/mol. The Hall–Kier alpha value is -3.32. The van der Waals surface area contributed by atoms with Gasteiger partial charge < -0.3 is 9.47 Å². The maximum Gasteiger partial charge on any atom is 0.255 e. The summed E-state index contributed by atoms with van der Waals surface area (Å²) in [7, 11) is 3.14. The van der Waals surface area contributed by atoms with Crippen molar-refractivity contribution in [3.8, 4) is 11.5 Å². The Morgan fingerprint density at radius 3 is 2.38 bits per heavy atom. The third-order valence-electron chi connectivity index (χ3n) is 4.91. The first kappa shape index (κ1) is 19.0. The molecule has 0 saturated carbocycles. The molecule has 0 spiro atoms. The number of anilines is 2. The van der Waals surface area contributed by atoms with Crippen molar-refractivity contribution in [3.05, 3.63) is 70.9 Å². The SMILES string of the molecule is COc1ccc(N2C(=O)CN(c3ccccc3OC)C(=O)[C@@H]2c2ccsc2)cc1. The zero-order valence-corrected chi connectivity index (χ0v) is 16.9. The summed E-state index contributed by atoms with van der Waals surface area (Å²) in [6.07, 6.45) is 0. The Balaban J connectivity index is 1.78. The molecule has 4 rings (SSSR count). The van der Waals surface area contributed by atoms with E-state index in [1.54, 1.807) is 55.5 Å². The molecule has 0 N–H and O–H groups in total. The van der Waals surface area contributed by atoms with Crippen LogP contribution < -0.4 is 19.3 Å². The highest BCUT2D eigenvalue weighted by molar-refractivity contribution is 7.08. The van der Waals surface area contributed by atoms with E-state index < -0.39 is 6.04 Å². The van der Waals surface area contributed by atoms with Crippen LogP contribution in [0.15, 0.2) is 65.4 Å². The van der Waals surface area contributed by atoms with Gasteiger partial charge in [-0.3, -0.25) is 19.4 Å². The lowest BCUT2D eigenvalue weighted by atomic mass is 10.0. The summed E-state index contributed by atoms with van der Waals surface area (Å²) >= 11 is 1.49. The fourth-order valence-electron chi connectivity index (χ4n) is 3.51. The van der Waals surface area contributed by atoms with Crippen molar-refractivity contribution in [3.63, 3.8) is 0 Å². The largest absolute Gasteiger partial charge is 0.497 e. The molecule has 1 fully saturated rings. The Morgan fingerprint density at radius 2 is 1.72 bits per heavy atom. The molecule has 1 aliphatic heterocycles. The number of hydrogen-bond donors (Lipinski definition) is 0. The van der Waals surface area contributed by atoms with Gasteiger partial charge in [-0.25, -0.2) is 0 Å². The number of rotatable bonds is 5. The monoisotopic (exact) mass is 408 g/mol. The number of carbonyl (C=O) groups is 2. The molecule has 0 unspecified atom stereocenters. The van der Waals surface area contributed by atoms with E-state index in [2.05, 4.69) is 0 Å². The first-order valence-electron chi connectivity index (χ1n) is 9.06. The summed E-state index contributed by atoms with van der Waals surface area (Å²) in [5.74, 6) is 0.892. The van der Waals surface area contributed by atoms with Gasteiger partial charge in [0.1, 0.15) is 24.1 Å². The minimum atomic E-state index is -0.749. The molecule has 0 bridgehead atoms. The first-order valence-corrected chi connectivity index (χ1v) is 10.0. The number of para-hydroxylation sites is 2. The van der Waals surface area contributed by atoms with E-state index in [-0.39, 0.29) is 18.4 Å². The summed E-state index contributed by atoms with van der Waals surface area (Å²) in [6, 6.07) is 15.5. The Bertz CT molecular complexity index is 1020. The van der Waals surface area contributed by atoms with Crippen LogP contribution in [0.3, 0.4) is 0 Å². The molecule has 1 aromatic heterocycles. The summed E-state index contributed by atoms with van der Waals surface area (Å²) in [5, 5.41) is 3.80. The second-order valence-electron chi connectivity index (χ2n) is 6.52. The molecule has 3 aromatic rings. The molecule has 7 heteroatoms. The maximum absolute atomic E-state index is 13.6. The van der Waals surface area contributed by atoms with Crippen molar-refractivity contribution >= 4 is 34.5 Å². The molecule has 1 aliphatic rings. The van der Waals surface area contributed by atoms with Gasteiger partial charge in [-0.2, -0.15) is 11.3 Å². The molecule has 0 radical (unpaired) electrons. The molecule has 2 amide bonds. The van der Waals surface area contributed by atoms with Gasteiger partial charge in [0.25, 0.3) is 5.91 Å². The molecular weight excluding hydrogens is 388 g/mol. The van der Waals surface area contributed by atoms with Gasteiger partial charge in [0.05, 0.1) is 19.9 Å². The maximum atomic E-state index is 13.6.